The third kappa shape index (κ3) is 5.24. The number of methoxy groups -OCH3 is 1. The molecule has 0 heterocycles. The SMILES string of the molecule is CCCCC(CC)(CCl)CCOc1ccc(OC)cc1. The molecule has 0 spiro atoms. The first kappa shape index (κ1) is 17.2. The van der Waals surface area contributed by atoms with Gasteiger partial charge in [-0.15, -0.1) is 11.6 Å². The van der Waals surface area contributed by atoms with Crippen molar-refractivity contribution in [3.8, 4) is 11.5 Å². The summed E-state index contributed by atoms with van der Waals surface area (Å²) in [7, 11) is 1.67. The molecule has 0 aliphatic heterocycles. The molecular weight excluding hydrogens is 272 g/mol. The molecule has 0 aromatic heterocycles. The monoisotopic (exact) mass is 298 g/mol. The lowest BCUT2D eigenvalue weighted by Gasteiger charge is -2.30. The van der Waals surface area contributed by atoms with Crippen LogP contribution in [0.25, 0.3) is 0 Å². The predicted molar refractivity (Wildman–Crippen MR) is 86.1 cm³/mol. The third-order valence-electron chi connectivity index (χ3n) is 4.05. The summed E-state index contributed by atoms with van der Waals surface area (Å²) in [5.74, 6) is 2.46. The quantitative estimate of drug-likeness (QED) is 0.546. The van der Waals surface area contributed by atoms with Crippen LogP contribution < -0.4 is 9.47 Å². The largest absolute Gasteiger partial charge is 0.497 e. The highest BCUT2D eigenvalue weighted by Crippen LogP contribution is 2.34. The maximum atomic E-state index is 6.21. The molecule has 0 N–H and O–H groups in total. The van der Waals surface area contributed by atoms with Crippen LogP contribution >= 0.6 is 11.6 Å². The molecule has 0 aliphatic rings. The standard InChI is InChI=1S/C17H27ClO2/c1-4-6-11-17(5-2,14-18)12-13-20-16-9-7-15(19-3)8-10-16/h7-10H,4-6,11-14H2,1-3H3. The Hall–Kier alpha value is -0.890. The average molecular weight is 299 g/mol. The first-order valence-electron chi connectivity index (χ1n) is 7.52. The van der Waals surface area contributed by atoms with E-state index in [4.69, 9.17) is 21.1 Å². The van der Waals surface area contributed by atoms with Gasteiger partial charge in [-0.25, -0.2) is 0 Å². The summed E-state index contributed by atoms with van der Waals surface area (Å²) in [5.41, 5.74) is 0.226. The number of ether oxygens (including phenoxy) is 2. The van der Waals surface area contributed by atoms with E-state index in [-0.39, 0.29) is 5.41 Å². The lowest BCUT2D eigenvalue weighted by atomic mass is 9.79. The minimum absolute atomic E-state index is 0.226. The number of benzene rings is 1. The van der Waals surface area contributed by atoms with E-state index < -0.39 is 0 Å². The predicted octanol–water partition coefficient (Wildman–Crippen LogP) is 5.29. The Morgan fingerprint density at radius 2 is 1.70 bits per heavy atom. The molecule has 0 amide bonds. The molecule has 0 aliphatic carbocycles. The van der Waals surface area contributed by atoms with Gasteiger partial charge in [0.05, 0.1) is 13.7 Å². The Balaban J connectivity index is 2.46. The van der Waals surface area contributed by atoms with Crippen LogP contribution in [0.4, 0.5) is 0 Å². The second-order valence-corrected chi connectivity index (χ2v) is 5.63. The molecule has 114 valence electrons. The summed E-state index contributed by atoms with van der Waals surface area (Å²) in [5, 5.41) is 0. The van der Waals surface area contributed by atoms with Gasteiger partial charge in [-0.3, -0.25) is 0 Å². The first-order chi connectivity index (χ1) is 9.69. The van der Waals surface area contributed by atoms with Gasteiger partial charge in [0.15, 0.2) is 0 Å². The Morgan fingerprint density at radius 3 is 2.20 bits per heavy atom. The van der Waals surface area contributed by atoms with Gasteiger partial charge in [0.1, 0.15) is 11.5 Å². The topological polar surface area (TPSA) is 18.5 Å². The fourth-order valence-electron chi connectivity index (χ4n) is 2.32. The number of halogens is 1. The lowest BCUT2D eigenvalue weighted by Crippen LogP contribution is -2.25. The molecule has 0 bridgehead atoms. The van der Waals surface area contributed by atoms with Crippen LogP contribution in [0.5, 0.6) is 11.5 Å². The summed E-state index contributed by atoms with van der Waals surface area (Å²) in [6.45, 7) is 5.17. The minimum Gasteiger partial charge on any atom is -0.497 e. The highest BCUT2D eigenvalue weighted by molar-refractivity contribution is 6.18. The molecule has 0 saturated carbocycles. The van der Waals surface area contributed by atoms with E-state index in [0.29, 0.717) is 0 Å². The smallest absolute Gasteiger partial charge is 0.119 e. The van der Waals surface area contributed by atoms with Gasteiger partial charge in [-0.1, -0.05) is 26.7 Å². The highest BCUT2D eigenvalue weighted by atomic mass is 35.5. The minimum atomic E-state index is 0.226. The molecule has 0 saturated heterocycles. The summed E-state index contributed by atoms with van der Waals surface area (Å²) >= 11 is 6.21. The van der Waals surface area contributed by atoms with Crippen molar-refractivity contribution in [1.29, 1.82) is 0 Å². The number of alkyl halides is 1. The molecule has 1 aromatic carbocycles. The van der Waals surface area contributed by atoms with Crippen molar-refractivity contribution in [3.05, 3.63) is 24.3 Å². The molecular formula is C17H27ClO2. The molecule has 1 rings (SSSR count). The van der Waals surface area contributed by atoms with Gasteiger partial charge in [0.2, 0.25) is 0 Å². The van der Waals surface area contributed by atoms with Crippen LogP contribution in [0, 0.1) is 5.41 Å². The van der Waals surface area contributed by atoms with Gasteiger partial charge in [0.25, 0.3) is 0 Å². The van der Waals surface area contributed by atoms with Crippen molar-refractivity contribution < 1.29 is 9.47 Å². The van der Waals surface area contributed by atoms with Crippen molar-refractivity contribution in [2.75, 3.05) is 19.6 Å². The molecule has 20 heavy (non-hydrogen) atoms. The summed E-state index contributed by atoms with van der Waals surface area (Å²) < 4.78 is 11.0. The number of rotatable bonds is 10. The zero-order valence-corrected chi connectivity index (χ0v) is 13.7. The highest BCUT2D eigenvalue weighted by Gasteiger charge is 2.26. The third-order valence-corrected chi connectivity index (χ3v) is 4.62. The summed E-state index contributed by atoms with van der Waals surface area (Å²) in [6.07, 6.45) is 5.78. The zero-order chi connectivity index (χ0) is 14.8. The van der Waals surface area contributed by atoms with Crippen molar-refractivity contribution in [2.45, 2.75) is 46.0 Å². The van der Waals surface area contributed by atoms with Gasteiger partial charge < -0.3 is 9.47 Å². The second kappa shape index (κ2) is 9.12. The maximum Gasteiger partial charge on any atom is 0.119 e. The number of hydrogen-bond acceptors (Lipinski definition) is 2. The number of hydrogen-bond donors (Lipinski definition) is 0. The van der Waals surface area contributed by atoms with Crippen LogP contribution in [-0.4, -0.2) is 19.6 Å². The Morgan fingerprint density at radius 1 is 1.05 bits per heavy atom. The van der Waals surface area contributed by atoms with E-state index in [0.717, 1.165) is 36.8 Å². The van der Waals surface area contributed by atoms with Crippen LogP contribution in [0.1, 0.15) is 46.0 Å². The van der Waals surface area contributed by atoms with Crippen molar-refractivity contribution in [2.24, 2.45) is 5.41 Å². The van der Waals surface area contributed by atoms with Crippen LogP contribution in [0.2, 0.25) is 0 Å². The fraction of sp³-hybridized carbons (Fsp3) is 0.647. The van der Waals surface area contributed by atoms with Crippen molar-refractivity contribution in [3.63, 3.8) is 0 Å². The number of unbranched alkanes of at least 4 members (excludes halogenated alkanes) is 1. The maximum absolute atomic E-state index is 6.21. The van der Waals surface area contributed by atoms with Crippen molar-refractivity contribution >= 4 is 11.6 Å². The van der Waals surface area contributed by atoms with E-state index >= 15 is 0 Å². The normalized spacial score (nSPS) is 13.8. The summed E-state index contributed by atoms with van der Waals surface area (Å²) in [6, 6.07) is 7.72. The Bertz CT molecular complexity index is 358. The molecule has 3 heteroatoms. The molecule has 0 fully saturated rings. The summed E-state index contributed by atoms with van der Waals surface area (Å²) in [4.78, 5) is 0. The van der Waals surface area contributed by atoms with Gasteiger partial charge in [0, 0.05) is 5.88 Å². The molecule has 2 nitrogen and oxygen atoms in total. The van der Waals surface area contributed by atoms with Gasteiger partial charge in [-0.05, 0) is 48.9 Å². The van der Waals surface area contributed by atoms with Crippen LogP contribution in [0.3, 0.4) is 0 Å². The fourth-order valence-corrected chi connectivity index (χ4v) is 2.77. The Kier molecular flexibility index (Phi) is 7.83. The van der Waals surface area contributed by atoms with Crippen molar-refractivity contribution in [1.82, 2.24) is 0 Å². The van der Waals surface area contributed by atoms with E-state index in [1.807, 2.05) is 24.3 Å². The zero-order valence-electron chi connectivity index (χ0n) is 13.0. The average Bonchev–Trinajstić information content (AvgIpc) is 2.51. The van der Waals surface area contributed by atoms with E-state index in [2.05, 4.69) is 13.8 Å². The van der Waals surface area contributed by atoms with E-state index in [9.17, 15) is 0 Å². The molecule has 1 aromatic rings. The molecule has 0 radical (unpaired) electrons. The van der Waals surface area contributed by atoms with Crippen LogP contribution in [0.15, 0.2) is 24.3 Å². The van der Waals surface area contributed by atoms with Crippen LogP contribution in [-0.2, 0) is 0 Å². The Labute approximate surface area is 128 Å². The lowest BCUT2D eigenvalue weighted by molar-refractivity contribution is 0.193. The molecule has 1 unspecified atom stereocenters. The van der Waals surface area contributed by atoms with E-state index in [1.54, 1.807) is 7.11 Å². The molecule has 1 atom stereocenters. The van der Waals surface area contributed by atoms with E-state index in [1.165, 1.54) is 19.3 Å². The second-order valence-electron chi connectivity index (χ2n) is 5.36. The first-order valence-corrected chi connectivity index (χ1v) is 8.06. The van der Waals surface area contributed by atoms with Gasteiger partial charge in [-0.2, -0.15) is 0 Å². The van der Waals surface area contributed by atoms with Gasteiger partial charge >= 0.3 is 0 Å².